The molecule has 1 heterocycles. The van der Waals surface area contributed by atoms with E-state index in [0.29, 0.717) is 18.6 Å². The first kappa shape index (κ1) is 9.84. The zero-order valence-electron chi connectivity index (χ0n) is 7.87. The minimum atomic E-state index is -1.03. The highest BCUT2D eigenvalue weighted by molar-refractivity contribution is 7.99. The molecule has 1 aliphatic rings. The maximum Gasteiger partial charge on any atom is 0.124 e. The van der Waals surface area contributed by atoms with Crippen LogP contribution in [-0.2, 0) is 6.42 Å². The highest BCUT2D eigenvalue weighted by atomic mass is 32.2. The Bertz CT molecular complexity index is 304. The Morgan fingerprint density at radius 3 is 2.64 bits per heavy atom. The molecule has 76 valence electrons. The lowest BCUT2D eigenvalue weighted by Gasteiger charge is -2.17. The van der Waals surface area contributed by atoms with Crippen molar-refractivity contribution >= 4 is 11.8 Å². The zero-order chi connectivity index (χ0) is 10.0. The van der Waals surface area contributed by atoms with E-state index in [1.807, 2.05) is 0 Å². The van der Waals surface area contributed by atoms with Crippen molar-refractivity contribution in [1.82, 2.24) is 0 Å². The molecule has 0 saturated carbocycles. The summed E-state index contributed by atoms with van der Waals surface area (Å²) in [6.07, 6.45) is 1.12. The number of rotatable bonds is 2. The number of thioether (sulfide) groups is 1. The van der Waals surface area contributed by atoms with Crippen molar-refractivity contribution in [3.63, 3.8) is 0 Å². The van der Waals surface area contributed by atoms with Gasteiger partial charge in [0.1, 0.15) is 11.4 Å². The van der Waals surface area contributed by atoms with Crippen LogP contribution in [0.25, 0.3) is 0 Å². The summed E-state index contributed by atoms with van der Waals surface area (Å²) in [5, 5.41) is 9.08. The van der Waals surface area contributed by atoms with Crippen LogP contribution in [0.1, 0.15) is 12.0 Å². The Hall–Kier alpha value is -0.700. The number of alkyl halides is 1. The van der Waals surface area contributed by atoms with Gasteiger partial charge in [-0.05, 0) is 29.9 Å². The van der Waals surface area contributed by atoms with Crippen molar-refractivity contribution in [2.75, 3.05) is 11.5 Å². The molecule has 1 atom stereocenters. The SMILES string of the molecule is Oc1ccc(CC2(F)CCSC2)cc1. The predicted molar refractivity (Wildman–Crippen MR) is 57.6 cm³/mol. The van der Waals surface area contributed by atoms with E-state index < -0.39 is 5.67 Å². The van der Waals surface area contributed by atoms with Gasteiger partial charge in [-0.25, -0.2) is 4.39 Å². The van der Waals surface area contributed by atoms with Gasteiger partial charge in [-0.1, -0.05) is 12.1 Å². The molecule has 14 heavy (non-hydrogen) atoms. The second-order valence-electron chi connectivity index (χ2n) is 3.80. The lowest BCUT2D eigenvalue weighted by Crippen LogP contribution is -2.24. The summed E-state index contributed by atoms with van der Waals surface area (Å²) in [7, 11) is 0. The Morgan fingerprint density at radius 2 is 2.07 bits per heavy atom. The van der Waals surface area contributed by atoms with Crippen LogP contribution >= 0.6 is 11.8 Å². The van der Waals surface area contributed by atoms with Gasteiger partial charge in [0.05, 0.1) is 0 Å². The van der Waals surface area contributed by atoms with Crippen molar-refractivity contribution in [3.8, 4) is 5.75 Å². The number of hydrogen-bond acceptors (Lipinski definition) is 2. The van der Waals surface area contributed by atoms with Crippen LogP contribution in [0.5, 0.6) is 5.75 Å². The smallest absolute Gasteiger partial charge is 0.124 e. The number of phenols is 1. The fourth-order valence-corrected chi connectivity index (χ4v) is 2.97. The van der Waals surface area contributed by atoms with Gasteiger partial charge < -0.3 is 5.11 Å². The average Bonchev–Trinajstić information content (AvgIpc) is 2.57. The molecule has 1 N–H and O–H groups in total. The van der Waals surface area contributed by atoms with Gasteiger partial charge in [0.15, 0.2) is 0 Å². The molecule has 0 bridgehead atoms. The first-order chi connectivity index (χ1) is 6.68. The lowest BCUT2D eigenvalue weighted by molar-refractivity contribution is 0.199. The highest BCUT2D eigenvalue weighted by Gasteiger charge is 2.34. The van der Waals surface area contributed by atoms with Gasteiger partial charge in [0.2, 0.25) is 0 Å². The second-order valence-corrected chi connectivity index (χ2v) is 4.90. The molecule has 1 fully saturated rings. The summed E-state index contributed by atoms with van der Waals surface area (Å²) < 4.78 is 14.0. The van der Waals surface area contributed by atoms with Gasteiger partial charge in [-0.15, -0.1) is 0 Å². The molecule has 1 aromatic carbocycles. The molecular weight excluding hydrogens is 199 g/mol. The Balaban J connectivity index is 2.06. The van der Waals surface area contributed by atoms with Gasteiger partial charge in [-0.2, -0.15) is 11.8 Å². The van der Waals surface area contributed by atoms with Crippen LogP contribution in [0.3, 0.4) is 0 Å². The van der Waals surface area contributed by atoms with Crippen LogP contribution in [-0.4, -0.2) is 22.3 Å². The van der Waals surface area contributed by atoms with Gasteiger partial charge in [0, 0.05) is 12.2 Å². The summed E-state index contributed by atoms with van der Waals surface area (Å²) >= 11 is 1.68. The maximum absolute atomic E-state index is 14.0. The first-order valence-corrected chi connectivity index (χ1v) is 5.88. The zero-order valence-corrected chi connectivity index (χ0v) is 8.69. The van der Waals surface area contributed by atoms with Crippen LogP contribution in [0, 0.1) is 0 Å². The third kappa shape index (κ3) is 2.21. The van der Waals surface area contributed by atoms with Crippen LogP contribution < -0.4 is 0 Å². The van der Waals surface area contributed by atoms with Crippen molar-refractivity contribution in [2.45, 2.75) is 18.5 Å². The second kappa shape index (κ2) is 3.81. The summed E-state index contributed by atoms with van der Waals surface area (Å²) in [5.41, 5.74) is -0.0606. The monoisotopic (exact) mass is 212 g/mol. The molecule has 1 aliphatic heterocycles. The van der Waals surface area contributed by atoms with Crippen LogP contribution in [0.4, 0.5) is 4.39 Å². The molecule has 0 spiro atoms. The van der Waals surface area contributed by atoms with Crippen molar-refractivity contribution in [2.24, 2.45) is 0 Å². The number of phenolic OH excluding ortho intramolecular Hbond substituents is 1. The number of aromatic hydroxyl groups is 1. The molecule has 0 amide bonds. The Kier molecular flexibility index (Phi) is 2.68. The van der Waals surface area contributed by atoms with Crippen molar-refractivity contribution < 1.29 is 9.50 Å². The summed E-state index contributed by atoms with van der Waals surface area (Å²) in [6.45, 7) is 0. The van der Waals surface area contributed by atoms with E-state index >= 15 is 0 Å². The van der Waals surface area contributed by atoms with Gasteiger partial charge >= 0.3 is 0 Å². The topological polar surface area (TPSA) is 20.2 Å². The molecule has 0 radical (unpaired) electrons. The number of hydrogen-bond donors (Lipinski definition) is 1. The third-order valence-corrected chi connectivity index (χ3v) is 3.73. The van der Waals surface area contributed by atoms with E-state index in [2.05, 4.69) is 0 Å². The minimum Gasteiger partial charge on any atom is -0.508 e. The summed E-state index contributed by atoms with van der Waals surface area (Å²) in [5.74, 6) is 1.77. The van der Waals surface area contributed by atoms with E-state index in [-0.39, 0.29) is 5.75 Å². The molecule has 1 nitrogen and oxygen atoms in total. The molecule has 3 heteroatoms. The molecule has 0 aromatic heterocycles. The minimum absolute atomic E-state index is 0.238. The number of halogens is 1. The van der Waals surface area contributed by atoms with Crippen LogP contribution in [0.15, 0.2) is 24.3 Å². The van der Waals surface area contributed by atoms with E-state index in [1.54, 1.807) is 36.0 Å². The number of benzene rings is 1. The molecule has 2 rings (SSSR count). The third-order valence-electron chi connectivity index (χ3n) is 2.51. The summed E-state index contributed by atoms with van der Waals surface area (Å²) in [6, 6.07) is 6.81. The normalized spacial score (nSPS) is 26.6. The predicted octanol–water partition coefficient (Wildman–Crippen LogP) is 2.78. The van der Waals surface area contributed by atoms with E-state index in [1.165, 1.54) is 0 Å². The fourth-order valence-electron chi connectivity index (χ4n) is 1.70. The lowest BCUT2D eigenvalue weighted by atomic mass is 9.96. The summed E-state index contributed by atoms with van der Waals surface area (Å²) in [4.78, 5) is 0. The van der Waals surface area contributed by atoms with Gasteiger partial charge in [0.25, 0.3) is 0 Å². The van der Waals surface area contributed by atoms with Crippen molar-refractivity contribution in [1.29, 1.82) is 0 Å². The standard InChI is InChI=1S/C11H13FOS/c12-11(5-6-14-8-11)7-9-1-3-10(13)4-2-9/h1-4,13H,5-8H2. The highest BCUT2D eigenvalue weighted by Crippen LogP contribution is 2.34. The van der Waals surface area contributed by atoms with E-state index in [9.17, 15) is 4.39 Å². The molecule has 1 aromatic rings. The average molecular weight is 212 g/mol. The van der Waals surface area contributed by atoms with Crippen molar-refractivity contribution in [3.05, 3.63) is 29.8 Å². The Labute approximate surface area is 87.3 Å². The van der Waals surface area contributed by atoms with E-state index in [4.69, 9.17) is 5.11 Å². The van der Waals surface area contributed by atoms with Crippen LogP contribution in [0.2, 0.25) is 0 Å². The largest absolute Gasteiger partial charge is 0.508 e. The molecule has 1 saturated heterocycles. The quantitative estimate of drug-likeness (QED) is 0.813. The van der Waals surface area contributed by atoms with Gasteiger partial charge in [-0.3, -0.25) is 0 Å². The first-order valence-electron chi connectivity index (χ1n) is 4.73. The maximum atomic E-state index is 14.0. The molecule has 0 aliphatic carbocycles. The van der Waals surface area contributed by atoms with E-state index in [0.717, 1.165) is 11.3 Å². The fraction of sp³-hybridized carbons (Fsp3) is 0.455. The molecule has 1 unspecified atom stereocenters. The molecular formula is C11H13FOS. The Morgan fingerprint density at radius 1 is 1.36 bits per heavy atom.